The highest BCUT2D eigenvalue weighted by atomic mass is 32.2. The lowest BCUT2D eigenvalue weighted by Gasteiger charge is -2.29. The molecule has 0 aromatic heterocycles. The molecule has 0 aliphatic carbocycles. The Morgan fingerprint density at radius 2 is 1.62 bits per heavy atom. The molecule has 16 heavy (non-hydrogen) atoms. The van der Waals surface area contributed by atoms with Crippen LogP contribution < -0.4 is 5.73 Å². The van der Waals surface area contributed by atoms with E-state index < -0.39 is 15.5 Å². The molecule has 2 N–H and O–H groups in total. The number of hydrogen-bond donors (Lipinski definition) is 1. The molecule has 1 heterocycles. The first-order chi connectivity index (χ1) is 7.41. The van der Waals surface area contributed by atoms with E-state index in [1.54, 1.807) is 24.3 Å². The Bertz CT molecular complexity index is 467. The number of halogens is 1. The molecule has 0 spiro atoms. The lowest BCUT2D eigenvalue weighted by atomic mass is 9.90. The van der Waals surface area contributed by atoms with Crippen molar-refractivity contribution in [3.63, 3.8) is 0 Å². The van der Waals surface area contributed by atoms with Crippen LogP contribution in [0.2, 0.25) is 0 Å². The normalized spacial score (nSPS) is 22.8. The van der Waals surface area contributed by atoms with Crippen LogP contribution in [0.5, 0.6) is 0 Å². The van der Waals surface area contributed by atoms with Gasteiger partial charge in [0.05, 0.1) is 11.5 Å². The highest BCUT2D eigenvalue weighted by Crippen LogP contribution is 2.37. The molecule has 0 bridgehead atoms. The van der Waals surface area contributed by atoms with Crippen molar-refractivity contribution in [3.05, 3.63) is 29.8 Å². The number of rotatable bonds is 1. The van der Waals surface area contributed by atoms with E-state index in [9.17, 15) is 12.8 Å². The van der Waals surface area contributed by atoms with Crippen molar-refractivity contribution in [2.45, 2.75) is 18.5 Å². The van der Waals surface area contributed by atoms with E-state index in [0.29, 0.717) is 11.3 Å². The Balaban J connectivity index is 2.24. The lowest BCUT2D eigenvalue weighted by molar-refractivity contribution is 0.148. The fraction of sp³-hybridized carbons (Fsp3) is 0.455. The zero-order valence-corrected chi connectivity index (χ0v) is 9.63. The van der Waals surface area contributed by atoms with Gasteiger partial charge < -0.3 is 5.73 Å². The summed E-state index contributed by atoms with van der Waals surface area (Å²) in [5.41, 5.74) is 5.11. The molecule has 1 aliphatic heterocycles. The van der Waals surface area contributed by atoms with Gasteiger partial charge in [-0.3, -0.25) is 0 Å². The highest BCUT2D eigenvalue weighted by Gasteiger charge is 2.38. The van der Waals surface area contributed by atoms with Crippen LogP contribution in [-0.2, 0) is 15.5 Å². The van der Waals surface area contributed by atoms with E-state index in [-0.39, 0.29) is 24.3 Å². The van der Waals surface area contributed by atoms with Gasteiger partial charge in [0.25, 0.3) is 0 Å². The largest absolute Gasteiger partial charge is 0.399 e. The van der Waals surface area contributed by atoms with E-state index in [2.05, 4.69) is 0 Å². The molecular formula is C11H14FNO2S. The van der Waals surface area contributed by atoms with Crippen molar-refractivity contribution in [3.8, 4) is 0 Å². The molecule has 0 atom stereocenters. The number of alkyl halides is 1. The summed E-state index contributed by atoms with van der Waals surface area (Å²) in [4.78, 5) is 0. The van der Waals surface area contributed by atoms with Crippen molar-refractivity contribution in [1.29, 1.82) is 0 Å². The molecule has 0 saturated carbocycles. The fourth-order valence-corrected chi connectivity index (χ4v) is 3.41. The summed E-state index contributed by atoms with van der Waals surface area (Å²) in [5.74, 6) is -0.151. The van der Waals surface area contributed by atoms with Crippen molar-refractivity contribution < 1.29 is 12.8 Å². The SMILES string of the molecule is Nc1ccc(C2(F)CCS(=O)(=O)CC2)cc1. The molecule has 3 nitrogen and oxygen atoms in total. The van der Waals surface area contributed by atoms with Gasteiger partial charge in [-0.15, -0.1) is 0 Å². The zero-order chi connectivity index (χ0) is 11.8. The van der Waals surface area contributed by atoms with E-state index >= 15 is 0 Å². The third-order valence-corrected chi connectivity index (χ3v) is 4.70. The number of sulfone groups is 1. The summed E-state index contributed by atoms with van der Waals surface area (Å²) in [6.07, 6.45) is 0.0818. The summed E-state index contributed by atoms with van der Waals surface area (Å²) in [7, 11) is -3.03. The van der Waals surface area contributed by atoms with Crippen molar-refractivity contribution in [2.75, 3.05) is 17.2 Å². The Hall–Kier alpha value is -1.10. The first-order valence-electron chi connectivity index (χ1n) is 5.17. The molecule has 0 radical (unpaired) electrons. The van der Waals surface area contributed by atoms with Gasteiger partial charge in [0.1, 0.15) is 5.67 Å². The molecular weight excluding hydrogens is 229 g/mol. The van der Waals surface area contributed by atoms with Crippen LogP contribution in [0.1, 0.15) is 18.4 Å². The number of hydrogen-bond acceptors (Lipinski definition) is 3. The second-order valence-electron chi connectivity index (χ2n) is 4.24. The van der Waals surface area contributed by atoms with Gasteiger partial charge in [-0.05, 0) is 30.5 Å². The monoisotopic (exact) mass is 243 g/mol. The number of benzene rings is 1. The predicted molar refractivity (Wildman–Crippen MR) is 61.5 cm³/mol. The molecule has 5 heteroatoms. The Morgan fingerprint density at radius 3 is 2.12 bits per heavy atom. The third kappa shape index (κ3) is 2.19. The van der Waals surface area contributed by atoms with E-state index in [1.807, 2.05) is 0 Å². The Morgan fingerprint density at radius 1 is 1.12 bits per heavy atom. The first kappa shape index (κ1) is 11.4. The van der Waals surface area contributed by atoms with Crippen LogP contribution in [0.4, 0.5) is 10.1 Å². The lowest BCUT2D eigenvalue weighted by Crippen LogP contribution is -2.33. The minimum absolute atomic E-state index is 0.0409. The predicted octanol–water partition coefficient (Wildman–Crippen LogP) is 1.64. The van der Waals surface area contributed by atoms with Gasteiger partial charge >= 0.3 is 0 Å². The summed E-state index contributed by atoms with van der Waals surface area (Å²) < 4.78 is 36.9. The van der Waals surface area contributed by atoms with Crippen LogP contribution in [0, 0.1) is 0 Å². The van der Waals surface area contributed by atoms with Crippen LogP contribution in [-0.4, -0.2) is 19.9 Å². The van der Waals surface area contributed by atoms with Gasteiger partial charge in [0, 0.05) is 5.69 Å². The van der Waals surface area contributed by atoms with Gasteiger partial charge in [-0.2, -0.15) is 0 Å². The maximum atomic E-state index is 14.5. The molecule has 0 unspecified atom stereocenters. The summed E-state index contributed by atoms with van der Waals surface area (Å²) >= 11 is 0. The third-order valence-electron chi connectivity index (χ3n) is 3.05. The minimum atomic E-state index is -3.03. The van der Waals surface area contributed by atoms with E-state index in [1.165, 1.54) is 0 Å². The topological polar surface area (TPSA) is 60.2 Å². The second kappa shape index (κ2) is 3.73. The van der Waals surface area contributed by atoms with Gasteiger partial charge in [-0.25, -0.2) is 12.8 Å². The Labute approximate surface area is 94.4 Å². The molecule has 1 aromatic rings. The van der Waals surface area contributed by atoms with Crippen molar-refractivity contribution in [1.82, 2.24) is 0 Å². The fourth-order valence-electron chi connectivity index (χ4n) is 1.93. The van der Waals surface area contributed by atoms with Crippen molar-refractivity contribution >= 4 is 15.5 Å². The van der Waals surface area contributed by atoms with Crippen LogP contribution in [0.25, 0.3) is 0 Å². The molecule has 0 amide bonds. The molecule has 1 aromatic carbocycles. The maximum Gasteiger partial charge on any atom is 0.150 e. The molecule has 2 rings (SSSR count). The van der Waals surface area contributed by atoms with Crippen LogP contribution in [0.15, 0.2) is 24.3 Å². The van der Waals surface area contributed by atoms with Crippen LogP contribution in [0.3, 0.4) is 0 Å². The van der Waals surface area contributed by atoms with E-state index in [4.69, 9.17) is 5.73 Å². The van der Waals surface area contributed by atoms with Crippen LogP contribution >= 0.6 is 0 Å². The van der Waals surface area contributed by atoms with Crippen molar-refractivity contribution in [2.24, 2.45) is 0 Å². The molecule has 1 fully saturated rings. The summed E-state index contributed by atoms with van der Waals surface area (Å²) in [6, 6.07) is 6.54. The Kier molecular flexibility index (Phi) is 2.66. The molecule has 1 aliphatic rings. The minimum Gasteiger partial charge on any atom is -0.399 e. The summed E-state index contributed by atoms with van der Waals surface area (Å²) in [5, 5.41) is 0. The average Bonchev–Trinajstić information content (AvgIpc) is 2.24. The second-order valence-corrected chi connectivity index (χ2v) is 6.54. The molecule has 88 valence electrons. The van der Waals surface area contributed by atoms with E-state index in [0.717, 1.165) is 0 Å². The maximum absolute atomic E-state index is 14.5. The van der Waals surface area contributed by atoms with Gasteiger partial charge in [0.2, 0.25) is 0 Å². The average molecular weight is 243 g/mol. The summed E-state index contributed by atoms with van der Waals surface area (Å²) in [6.45, 7) is 0. The standard InChI is InChI=1S/C11H14FNO2S/c12-11(5-7-16(14,15)8-6-11)9-1-3-10(13)4-2-9/h1-4H,5-8,13H2. The highest BCUT2D eigenvalue weighted by molar-refractivity contribution is 7.91. The number of nitrogens with two attached hydrogens (primary N) is 1. The molecule has 1 saturated heterocycles. The quantitative estimate of drug-likeness (QED) is 0.763. The zero-order valence-electron chi connectivity index (χ0n) is 8.82. The smallest absolute Gasteiger partial charge is 0.150 e. The first-order valence-corrected chi connectivity index (χ1v) is 6.99. The number of nitrogen functional groups attached to an aromatic ring is 1. The number of anilines is 1. The van der Waals surface area contributed by atoms with Gasteiger partial charge in [-0.1, -0.05) is 12.1 Å². The van der Waals surface area contributed by atoms with Gasteiger partial charge in [0.15, 0.2) is 9.84 Å².